The summed E-state index contributed by atoms with van der Waals surface area (Å²) < 4.78 is 5.54. The maximum atomic E-state index is 12.8. The van der Waals surface area contributed by atoms with Gasteiger partial charge in [-0.2, -0.15) is 0 Å². The summed E-state index contributed by atoms with van der Waals surface area (Å²) in [6, 6.07) is 14.1. The van der Waals surface area contributed by atoms with Crippen molar-refractivity contribution in [2.45, 2.75) is 52.6 Å². The molecule has 0 saturated carbocycles. The van der Waals surface area contributed by atoms with Gasteiger partial charge < -0.3 is 20.5 Å². The Kier molecular flexibility index (Phi) is 7.10. The molecular formula is C26H32N2O5. The van der Waals surface area contributed by atoms with E-state index in [0.717, 1.165) is 22.3 Å². The van der Waals surface area contributed by atoms with Crippen molar-refractivity contribution in [2.24, 2.45) is 11.3 Å². The van der Waals surface area contributed by atoms with Gasteiger partial charge in [-0.15, -0.1) is 0 Å². The number of aliphatic carboxylic acids is 1. The van der Waals surface area contributed by atoms with Gasteiger partial charge in [-0.1, -0.05) is 83.1 Å². The summed E-state index contributed by atoms with van der Waals surface area (Å²) in [4.78, 5) is 37.1. The van der Waals surface area contributed by atoms with Gasteiger partial charge >= 0.3 is 12.1 Å². The van der Waals surface area contributed by atoms with Gasteiger partial charge in [0.2, 0.25) is 5.91 Å². The lowest BCUT2D eigenvalue weighted by atomic mass is 9.86. The fourth-order valence-corrected chi connectivity index (χ4v) is 4.18. The van der Waals surface area contributed by atoms with Crippen LogP contribution in [0.5, 0.6) is 0 Å². The summed E-state index contributed by atoms with van der Waals surface area (Å²) in [7, 11) is 0. The number of carboxylic acids is 1. The third kappa shape index (κ3) is 5.35. The van der Waals surface area contributed by atoms with Crippen molar-refractivity contribution in [3.8, 4) is 11.1 Å². The lowest BCUT2D eigenvalue weighted by molar-refractivity contribution is -0.145. The van der Waals surface area contributed by atoms with Crippen molar-refractivity contribution < 1.29 is 24.2 Å². The highest BCUT2D eigenvalue weighted by molar-refractivity contribution is 5.89. The fraction of sp³-hybridized carbons (Fsp3) is 0.423. The van der Waals surface area contributed by atoms with Gasteiger partial charge in [-0.05, 0) is 33.6 Å². The molecule has 0 unspecified atom stereocenters. The predicted octanol–water partition coefficient (Wildman–Crippen LogP) is 4.17. The van der Waals surface area contributed by atoms with Crippen molar-refractivity contribution in [1.29, 1.82) is 0 Å². The molecule has 0 bridgehead atoms. The van der Waals surface area contributed by atoms with Crippen LogP contribution in [0, 0.1) is 11.3 Å². The molecule has 7 heteroatoms. The molecule has 2 aromatic rings. The summed E-state index contributed by atoms with van der Waals surface area (Å²) in [5, 5.41) is 14.7. The maximum Gasteiger partial charge on any atom is 0.407 e. The first-order valence-corrected chi connectivity index (χ1v) is 11.2. The van der Waals surface area contributed by atoms with E-state index in [2.05, 4.69) is 22.8 Å². The Morgan fingerprint density at radius 3 is 1.91 bits per heavy atom. The monoisotopic (exact) mass is 452 g/mol. The second-order valence-electron chi connectivity index (χ2n) is 9.84. The molecule has 2 aromatic carbocycles. The zero-order valence-electron chi connectivity index (χ0n) is 19.7. The fourth-order valence-electron chi connectivity index (χ4n) is 4.18. The Morgan fingerprint density at radius 2 is 1.45 bits per heavy atom. The van der Waals surface area contributed by atoms with Crippen molar-refractivity contribution >= 4 is 18.0 Å². The minimum atomic E-state index is -1.13. The van der Waals surface area contributed by atoms with E-state index in [4.69, 9.17) is 4.74 Å². The lowest BCUT2D eigenvalue weighted by Gasteiger charge is -2.30. The zero-order chi connectivity index (χ0) is 24.3. The Morgan fingerprint density at radius 1 is 0.939 bits per heavy atom. The van der Waals surface area contributed by atoms with Crippen LogP contribution in [0.1, 0.15) is 51.7 Å². The third-order valence-electron chi connectivity index (χ3n) is 5.97. The first kappa shape index (κ1) is 24.3. The van der Waals surface area contributed by atoms with Gasteiger partial charge in [0.15, 0.2) is 0 Å². The van der Waals surface area contributed by atoms with Crippen molar-refractivity contribution in [2.75, 3.05) is 6.61 Å². The van der Waals surface area contributed by atoms with E-state index in [9.17, 15) is 19.5 Å². The molecule has 3 N–H and O–H groups in total. The van der Waals surface area contributed by atoms with Crippen LogP contribution < -0.4 is 10.6 Å². The van der Waals surface area contributed by atoms with E-state index in [1.165, 1.54) is 0 Å². The van der Waals surface area contributed by atoms with Gasteiger partial charge in [0, 0.05) is 5.92 Å². The number of carbonyl (C=O) groups is 3. The number of amides is 2. The summed E-state index contributed by atoms with van der Waals surface area (Å²) >= 11 is 0. The van der Waals surface area contributed by atoms with Crippen LogP contribution in [0.3, 0.4) is 0 Å². The van der Waals surface area contributed by atoms with Gasteiger partial charge in [-0.3, -0.25) is 4.79 Å². The highest BCUT2D eigenvalue weighted by Crippen LogP contribution is 2.44. The Hall–Kier alpha value is -3.35. The first-order chi connectivity index (χ1) is 15.5. The SMILES string of the molecule is CC(C)[C@H](NC(=O)OCC1c2ccccc2-c2ccccc21)C(=O)N[C@@H](C(=O)O)C(C)(C)C. The summed E-state index contributed by atoms with van der Waals surface area (Å²) in [5.74, 6) is -2.04. The number of fused-ring (bicyclic) bond motifs is 3. The van der Waals surface area contributed by atoms with Gasteiger partial charge in [0.25, 0.3) is 0 Å². The quantitative estimate of drug-likeness (QED) is 0.585. The first-order valence-electron chi connectivity index (χ1n) is 11.2. The smallest absolute Gasteiger partial charge is 0.407 e. The Balaban J connectivity index is 1.68. The van der Waals surface area contributed by atoms with Crippen molar-refractivity contribution in [3.63, 3.8) is 0 Å². The molecule has 3 rings (SSSR count). The van der Waals surface area contributed by atoms with Gasteiger partial charge in [0.05, 0.1) is 0 Å². The van der Waals surface area contributed by atoms with E-state index in [-0.39, 0.29) is 18.4 Å². The highest BCUT2D eigenvalue weighted by Gasteiger charge is 2.36. The van der Waals surface area contributed by atoms with E-state index in [0.29, 0.717) is 0 Å². The molecule has 2 amide bonds. The molecule has 0 radical (unpaired) electrons. The molecule has 1 aliphatic carbocycles. The number of carbonyl (C=O) groups excluding carboxylic acids is 2. The van der Waals surface area contributed by atoms with Crippen LogP contribution >= 0.6 is 0 Å². The molecule has 0 spiro atoms. The van der Waals surface area contributed by atoms with Gasteiger partial charge in [0.1, 0.15) is 18.7 Å². The third-order valence-corrected chi connectivity index (χ3v) is 5.97. The number of carboxylic acid groups (broad SMARTS) is 1. The number of alkyl carbamates (subject to hydrolysis) is 1. The molecule has 0 aromatic heterocycles. The van der Waals surface area contributed by atoms with Gasteiger partial charge in [-0.25, -0.2) is 9.59 Å². The second-order valence-corrected chi connectivity index (χ2v) is 9.84. The van der Waals surface area contributed by atoms with Crippen LogP contribution in [0.4, 0.5) is 4.79 Å². The predicted molar refractivity (Wildman–Crippen MR) is 126 cm³/mol. The van der Waals surface area contributed by atoms with Crippen LogP contribution in [0.15, 0.2) is 48.5 Å². The molecule has 0 heterocycles. The highest BCUT2D eigenvalue weighted by atomic mass is 16.5. The van der Waals surface area contributed by atoms with E-state index in [1.807, 2.05) is 36.4 Å². The molecule has 0 saturated heterocycles. The summed E-state index contributed by atoms with van der Waals surface area (Å²) in [6.07, 6.45) is -0.714. The number of hydrogen-bond donors (Lipinski definition) is 3. The van der Waals surface area contributed by atoms with Crippen LogP contribution in [-0.2, 0) is 14.3 Å². The molecule has 0 fully saturated rings. The molecule has 176 valence electrons. The minimum Gasteiger partial charge on any atom is -0.480 e. The minimum absolute atomic E-state index is 0.0910. The normalized spacial score (nSPS) is 14.7. The van der Waals surface area contributed by atoms with Crippen LogP contribution in [0.2, 0.25) is 0 Å². The number of benzene rings is 2. The molecule has 1 aliphatic rings. The lowest BCUT2D eigenvalue weighted by Crippen LogP contribution is -2.57. The summed E-state index contributed by atoms with van der Waals surface area (Å²) in [5.41, 5.74) is 3.76. The number of rotatable bonds is 7. The molecular weight excluding hydrogens is 420 g/mol. The van der Waals surface area contributed by atoms with Crippen molar-refractivity contribution in [3.05, 3.63) is 59.7 Å². The Labute approximate surface area is 194 Å². The topological polar surface area (TPSA) is 105 Å². The number of nitrogens with one attached hydrogen (secondary N) is 2. The largest absolute Gasteiger partial charge is 0.480 e. The Bertz CT molecular complexity index is 995. The van der Waals surface area contributed by atoms with Crippen LogP contribution in [-0.4, -0.2) is 41.8 Å². The number of ether oxygens (including phenoxy) is 1. The maximum absolute atomic E-state index is 12.8. The van der Waals surface area contributed by atoms with E-state index < -0.39 is 35.5 Å². The number of hydrogen-bond acceptors (Lipinski definition) is 4. The molecule has 2 atom stereocenters. The van der Waals surface area contributed by atoms with Crippen molar-refractivity contribution in [1.82, 2.24) is 10.6 Å². The average Bonchev–Trinajstić information content (AvgIpc) is 3.06. The molecule has 7 nitrogen and oxygen atoms in total. The zero-order valence-corrected chi connectivity index (χ0v) is 19.7. The van der Waals surface area contributed by atoms with E-state index >= 15 is 0 Å². The standard InChI is InChI=1S/C26H32N2O5/c1-15(2)21(23(29)28-22(24(30)31)26(3,4)5)27-25(32)33-14-20-18-12-8-6-10-16(18)17-11-7-9-13-19(17)20/h6-13,15,20-22H,14H2,1-5H3,(H,27,32)(H,28,29)(H,30,31)/t21-,22-/m0/s1. The molecule has 0 aliphatic heterocycles. The van der Waals surface area contributed by atoms with E-state index in [1.54, 1.807) is 34.6 Å². The van der Waals surface area contributed by atoms with Crippen LogP contribution in [0.25, 0.3) is 11.1 Å². The average molecular weight is 453 g/mol. The summed E-state index contributed by atoms with van der Waals surface area (Å²) in [6.45, 7) is 8.88. The molecule has 33 heavy (non-hydrogen) atoms. The second kappa shape index (κ2) is 9.65.